The van der Waals surface area contributed by atoms with Gasteiger partial charge >= 0.3 is 5.97 Å². The number of carbonyl (C=O) groups is 2. The Labute approximate surface area is 180 Å². The smallest absolute Gasteiger partial charge is 0.340 e. The van der Waals surface area contributed by atoms with Gasteiger partial charge in [-0.3, -0.25) is 4.79 Å². The molecule has 2 fully saturated rings. The molecule has 10 heteroatoms. The minimum absolute atomic E-state index is 0.0494. The third-order valence-corrected chi connectivity index (χ3v) is 7.52. The van der Waals surface area contributed by atoms with Gasteiger partial charge in [0, 0.05) is 12.1 Å². The normalized spacial score (nSPS) is 22.2. The molecule has 0 heterocycles. The molecule has 0 spiro atoms. The lowest BCUT2D eigenvalue weighted by atomic mass is 9.86. The van der Waals surface area contributed by atoms with Crippen molar-refractivity contribution in [2.24, 2.45) is 5.92 Å². The van der Waals surface area contributed by atoms with E-state index < -0.39 is 28.5 Å². The van der Waals surface area contributed by atoms with Crippen LogP contribution in [0.5, 0.6) is 0 Å². The van der Waals surface area contributed by atoms with Gasteiger partial charge in [-0.25, -0.2) is 17.9 Å². The van der Waals surface area contributed by atoms with Crippen molar-refractivity contribution in [1.29, 1.82) is 0 Å². The molecule has 0 radical (unpaired) electrons. The maximum Gasteiger partial charge on any atom is 0.340 e. The minimum Gasteiger partial charge on any atom is -0.452 e. The van der Waals surface area contributed by atoms with Gasteiger partial charge in [-0.1, -0.05) is 43.0 Å². The van der Waals surface area contributed by atoms with Crippen molar-refractivity contribution in [3.05, 3.63) is 27.7 Å². The van der Waals surface area contributed by atoms with Gasteiger partial charge in [-0.05, 0) is 43.7 Å². The summed E-state index contributed by atoms with van der Waals surface area (Å²) in [6.45, 7) is 1.62. The van der Waals surface area contributed by atoms with Crippen LogP contribution < -0.4 is 10.0 Å². The van der Waals surface area contributed by atoms with E-state index >= 15 is 0 Å². The van der Waals surface area contributed by atoms with Gasteiger partial charge < -0.3 is 10.1 Å². The van der Waals surface area contributed by atoms with Gasteiger partial charge in [0.05, 0.1) is 15.6 Å². The van der Waals surface area contributed by atoms with Crippen LogP contribution in [0.25, 0.3) is 0 Å². The fourth-order valence-electron chi connectivity index (χ4n) is 3.36. The number of hydrogen-bond donors (Lipinski definition) is 2. The third-order valence-electron chi connectivity index (χ3n) is 5.22. The van der Waals surface area contributed by atoms with Gasteiger partial charge in [0.2, 0.25) is 10.0 Å². The molecule has 7 nitrogen and oxygen atoms in total. The zero-order valence-electron chi connectivity index (χ0n) is 16.0. The first-order valence-electron chi connectivity index (χ1n) is 9.65. The van der Waals surface area contributed by atoms with Crippen molar-refractivity contribution < 1.29 is 22.7 Å². The third kappa shape index (κ3) is 5.84. The van der Waals surface area contributed by atoms with Crippen LogP contribution in [0.1, 0.15) is 55.8 Å². The molecule has 3 rings (SSSR count). The summed E-state index contributed by atoms with van der Waals surface area (Å²) in [5.74, 6) is -0.910. The molecular formula is C19H24Cl2N2O5S. The van der Waals surface area contributed by atoms with E-state index in [0.29, 0.717) is 5.92 Å². The van der Waals surface area contributed by atoms with Crippen LogP contribution in [0.2, 0.25) is 10.0 Å². The Morgan fingerprint density at radius 2 is 1.79 bits per heavy atom. The Morgan fingerprint density at radius 3 is 2.45 bits per heavy atom. The standard InChI is InChI=1S/C19H24Cl2N2O5S/c1-11-4-2-3-5-16(11)22-18(24)10-28-19(25)13-8-17(15(21)9-14(13)20)29(26,27)23-12-6-7-12/h8-9,11-12,16,23H,2-7,10H2,1H3,(H,22,24)/t11-,16-/m1/s1. The van der Waals surface area contributed by atoms with Crippen molar-refractivity contribution in [1.82, 2.24) is 10.0 Å². The lowest BCUT2D eigenvalue weighted by molar-refractivity contribution is -0.125. The first-order valence-corrected chi connectivity index (χ1v) is 11.9. The Hall–Kier alpha value is -1.35. The SMILES string of the molecule is C[C@@H]1CCCC[C@H]1NC(=O)COC(=O)c1cc(S(=O)(=O)NC2CC2)c(Cl)cc1Cl. The van der Waals surface area contributed by atoms with Crippen molar-refractivity contribution in [2.45, 2.75) is 62.4 Å². The van der Waals surface area contributed by atoms with Crippen LogP contribution in [0, 0.1) is 5.92 Å². The Bertz CT molecular complexity index is 902. The molecule has 2 saturated carbocycles. The zero-order valence-corrected chi connectivity index (χ0v) is 18.4. The predicted molar refractivity (Wildman–Crippen MR) is 110 cm³/mol. The molecule has 0 aromatic heterocycles. The van der Waals surface area contributed by atoms with Crippen LogP contribution >= 0.6 is 23.2 Å². The van der Waals surface area contributed by atoms with Crippen LogP contribution in [0.3, 0.4) is 0 Å². The number of amides is 1. The number of carbonyl (C=O) groups excluding carboxylic acids is 2. The van der Waals surface area contributed by atoms with E-state index in [1.165, 1.54) is 6.07 Å². The van der Waals surface area contributed by atoms with E-state index in [9.17, 15) is 18.0 Å². The highest BCUT2D eigenvalue weighted by molar-refractivity contribution is 7.89. The van der Waals surface area contributed by atoms with E-state index in [0.717, 1.165) is 44.6 Å². The fraction of sp³-hybridized carbons (Fsp3) is 0.579. The molecule has 0 unspecified atom stereocenters. The first kappa shape index (κ1) is 22.3. The molecule has 0 saturated heterocycles. The highest BCUT2D eigenvalue weighted by Crippen LogP contribution is 2.31. The number of halogens is 2. The Morgan fingerprint density at radius 1 is 1.10 bits per heavy atom. The lowest BCUT2D eigenvalue weighted by Crippen LogP contribution is -2.42. The van der Waals surface area contributed by atoms with Gasteiger partial charge in [0.1, 0.15) is 4.90 Å². The quantitative estimate of drug-likeness (QED) is 0.605. The zero-order chi connectivity index (χ0) is 21.2. The number of rotatable bonds is 7. The predicted octanol–water partition coefficient (Wildman–Crippen LogP) is 3.29. The maximum atomic E-state index is 12.5. The van der Waals surface area contributed by atoms with Crippen molar-refractivity contribution in [3.63, 3.8) is 0 Å². The molecule has 0 bridgehead atoms. The summed E-state index contributed by atoms with van der Waals surface area (Å²) in [7, 11) is -3.88. The largest absolute Gasteiger partial charge is 0.452 e. The van der Waals surface area contributed by atoms with E-state index in [-0.39, 0.29) is 32.6 Å². The maximum absolute atomic E-state index is 12.5. The second-order valence-corrected chi connectivity index (χ2v) is 10.2. The summed E-state index contributed by atoms with van der Waals surface area (Å²) in [6, 6.07) is 2.22. The fourth-order valence-corrected chi connectivity index (χ4v) is 5.52. The van der Waals surface area contributed by atoms with E-state index in [1.807, 2.05) is 0 Å². The summed E-state index contributed by atoms with van der Waals surface area (Å²) in [4.78, 5) is 24.3. The second-order valence-electron chi connectivity index (χ2n) is 7.67. The average Bonchev–Trinajstić information content (AvgIpc) is 3.44. The van der Waals surface area contributed by atoms with Gasteiger partial charge in [-0.15, -0.1) is 0 Å². The number of sulfonamides is 1. The summed E-state index contributed by atoms with van der Waals surface area (Å²) >= 11 is 12.1. The molecule has 2 N–H and O–H groups in total. The van der Waals surface area contributed by atoms with E-state index in [1.54, 1.807) is 0 Å². The van der Waals surface area contributed by atoms with Gasteiger partial charge in [0.15, 0.2) is 6.61 Å². The summed E-state index contributed by atoms with van der Waals surface area (Å²) in [6.07, 6.45) is 5.68. The van der Waals surface area contributed by atoms with Crippen molar-refractivity contribution in [3.8, 4) is 0 Å². The Balaban J connectivity index is 1.65. The molecule has 1 amide bonds. The average molecular weight is 463 g/mol. The summed E-state index contributed by atoms with van der Waals surface area (Å²) < 4.78 is 32.5. The molecule has 29 heavy (non-hydrogen) atoms. The number of hydrogen-bond acceptors (Lipinski definition) is 5. The number of benzene rings is 1. The molecule has 0 aliphatic heterocycles. The summed E-state index contributed by atoms with van der Waals surface area (Å²) in [5.41, 5.74) is -0.161. The summed E-state index contributed by atoms with van der Waals surface area (Å²) in [5, 5.41) is 2.74. The highest BCUT2D eigenvalue weighted by atomic mass is 35.5. The molecule has 2 atom stereocenters. The van der Waals surface area contributed by atoms with Gasteiger partial charge in [0.25, 0.3) is 5.91 Å². The number of ether oxygens (including phenoxy) is 1. The first-order chi connectivity index (χ1) is 13.7. The number of esters is 1. The molecule has 2 aliphatic rings. The number of nitrogens with one attached hydrogen (secondary N) is 2. The van der Waals surface area contributed by atoms with Crippen molar-refractivity contribution >= 4 is 45.1 Å². The van der Waals surface area contributed by atoms with E-state index in [4.69, 9.17) is 27.9 Å². The minimum atomic E-state index is -3.88. The lowest BCUT2D eigenvalue weighted by Gasteiger charge is -2.29. The monoisotopic (exact) mass is 462 g/mol. The van der Waals surface area contributed by atoms with Crippen LogP contribution in [-0.4, -0.2) is 39.0 Å². The van der Waals surface area contributed by atoms with Crippen LogP contribution in [-0.2, 0) is 19.6 Å². The molecule has 1 aromatic rings. The molecular weight excluding hydrogens is 439 g/mol. The van der Waals surface area contributed by atoms with Crippen LogP contribution in [0.4, 0.5) is 0 Å². The molecule has 2 aliphatic carbocycles. The van der Waals surface area contributed by atoms with Gasteiger partial charge in [-0.2, -0.15) is 0 Å². The van der Waals surface area contributed by atoms with E-state index in [2.05, 4.69) is 17.0 Å². The second kappa shape index (κ2) is 9.20. The van der Waals surface area contributed by atoms with Crippen LogP contribution in [0.15, 0.2) is 17.0 Å². The van der Waals surface area contributed by atoms with Crippen molar-refractivity contribution in [2.75, 3.05) is 6.61 Å². The highest BCUT2D eigenvalue weighted by Gasteiger charge is 2.31. The molecule has 1 aromatic carbocycles. The Kier molecular flexibility index (Phi) is 7.09. The molecule has 160 valence electrons. The topological polar surface area (TPSA) is 102 Å².